The molecule has 0 unspecified atom stereocenters. The number of hydrogen-bond donors (Lipinski definition) is 1. The minimum absolute atomic E-state index is 0.138. The number of nitrogens with one attached hydrogen (secondary N) is 1. The molecule has 0 atom stereocenters. The lowest BCUT2D eigenvalue weighted by Crippen LogP contribution is -2.08. The van der Waals surface area contributed by atoms with Crippen molar-refractivity contribution in [3.63, 3.8) is 0 Å². The van der Waals surface area contributed by atoms with Crippen LogP contribution in [0, 0.1) is 5.82 Å². The fourth-order valence-corrected chi connectivity index (χ4v) is 4.36. The number of carbonyl (C=O) groups is 1. The highest BCUT2D eigenvalue weighted by Gasteiger charge is 2.23. The van der Waals surface area contributed by atoms with Gasteiger partial charge in [0.25, 0.3) is 0 Å². The molecule has 0 radical (unpaired) electrons. The summed E-state index contributed by atoms with van der Waals surface area (Å²) in [5.41, 5.74) is 1.53. The van der Waals surface area contributed by atoms with Crippen LogP contribution in [0.1, 0.15) is 27.2 Å². The van der Waals surface area contributed by atoms with Gasteiger partial charge in [0.2, 0.25) is 0 Å². The van der Waals surface area contributed by atoms with Crippen LogP contribution in [-0.4, -0.2) is 33.7 Å². The second-order valence-electron chi connectivity index (χ2n) is 6.82. The Hall–Kier alpha value is -2.84. The molecule has 6 nitrogen and oxygen atoms in total. The molecule has 158 valence electrons. The molecule has 3 aromatic rings. The van der Waals surface area contributed by atoms with E-state index in [0.717, 1.165) is 21.9 Å². The molecule has 0 bridgehead atoms. The van der Waals surface area contributed by atoms with Crippen LogP contribution in [0.4, 0.5) is 4.39 Å². The van der Waals surface area contributed by atoms with Crippen LogP contribution >= 0.6 is 11.3 Å². The molecule has 1 N–H and O–H groups in total. The SMILES string of the molecule is COc1cc2sc(C=O)cc2cc1OCCCOc1c(OC)cc2c(c1F)CNC2. The van der Waals surface area contributed by atoms with Crippen molar-refractivity contribution in [3.05, 3.63) is 46.1 Å². The standard InChI is InChI=1S/C22H22FNO5S/c1-26-17-9-20-13(6-15(12-25)30-20)7-18(17)28-4-3-5-29-22-19(27-2)8-14-10-24-11-16(14)21(22)23/h6-9,12,24H,3-5,10-11H2,1-2H3. The fourth-order valence-electron chi connectivity index (χ4n) is 3.47. The lowest BCUT2D eigenvalue weighted by atomic mass is 10.1. The van der Waals surface area contributed by atoms with Gasteiger partial charge < -0.3 is 24.3 Å². The minimum atomic E-state index is -0.370. The molecule has 0 saturated carbocycles. The number of carbonyl (C=O) groups excluding carboxylic acids is 1. The second-order valence-corrected chi connectivity index (χ2v) is 7.94. The molecule has 0 amide bonds. The highest BCUT2D eigenvalue weighted by Crippen LogP contribution is 2.38. The Bertz CT molecular complexity index is 1080. The summed E-state index contributed by atoms with van der Waals surface area (Å²) < 4.78 is 38.0. The zero-order chi connectivity index (χ0) is 21.1. The van der Waals surface area contributed by atoms with Gasteiger partial charge in [0, 0.05) is 35.8 Å². The van der Waals surface area contributed by atoms with Crippen molar-refractivity contribution < 1.29 is 28.1 Å². The van der Waals surface area contributed by atoms with Crippen LogP contribution in [0.25, 0.3) is 10.1 Å². The molecule has 2 aromatic carbocycles. The van der Waals surface area contributed by atoms with Crippen LogP contribution in [-0.2, 0) is 13.1 Å². The summed E-state index contributed by atoms with van der Waals surface area (Å²) >= 11 is 1.40. The van der Waals surface area contributed by atoms with Gasteiger partial charge in [-0.2, -0.15) is 0 Å². The topological polar surface area (TPSA) is 66.0 Å². The van der Waals surface area contributed by atoms with Crippen LogP contribution < -0.4 is 24.3 Å². The number of fused-ring (bicyclic) bond motifs is 2. The summed E-state index contributed by atoms with van der Waals surface area (Å²) in [7, 11) is 3.07. The quantitative estimate of drug-likeness (QED) is 0.402. The predicted molar refractivity (Wildman–Crippen MR) is 113 cm³/mol. The van der Waals surface area contributed by atoms with E-state index < -0.39 is 0 Å². The third kappa shape index (κ3) is 3.93. The molecule has 0 spiro atoms. The van der Waals surface area contributed by atoms with Crippen molar-refractivity contribution in [1.82, 2.24) is 5.32 Å². The molecule has 30 heavy (non-hydrogen) atoms. The Labute approximate surface area is 177 Å². The number of aldehydes is 1. The van der Waals surface area contributed by atoms with E-state index in [9.17, 15) is 9.18 Å². The Morgan fingerprint density at radius 3 is 2.60 bits per heavy atom. The third-order valence-corrected chi connectivity index (χ3v) is 5.97. The lowest BCUT2D eigenvalue weighted by Gasteiger charge is -2.15. The summed E-state index contributed by atoms with van der Waals surface area (Å²) in [5.74, 6) is 1.35. The molecule has 4 rings (SSSR count). The van der Waals surface area contributed by atoms with Crippen molar-refractivity contribution in [3.8, 4) is 23.0 Å². The molecule has 0 fully saturated rings. The molecule has 0 saturated heterocycles. The van der Waals surface area contributed by atoms with Gasteiger partial charge in [-0.15, -0.1) is 11.3 Å². The number of hydrogen-bond acceptors (Lipinski definition) is 7. The zero-order valence-corrected chi connectivity index (χ0v) is 17.6. The van der Waals surface area contributed by atoms with Crippen LogP contribution in [0.15, 0.2) is 24.3 Å². The number of methoxy groups -OCH3 is 2. The van der Waals surface area contributed by atoms with Crippen molar-refractivity contribution in [1.29, 1.82) is 0 Å². The van der Waals surface area contributed by atoms with Crippen molar-refractivity contribution in [2.24, 2.45) is 0 Å². The monoisotopic (exact) mass is 431 g/mol. The Balaban J connectivity index is 1.38. The van der Waals surface area contributed by atoms with Crippen LogP contribution in [0.3, 0.4) is 0 Å². The summed E-state index contributed by atoms with van der Waals surface area (Å²) in [5, 5.41) is 4.05. The van der Waals surface area contributed by atoms with E-state index in [-0.39, 0.29) is 18.2 Å². The Morgan fingerprint density at radius 2 is 1.83 bits per heavy atom. The van der Waals surface area contributed by atoms with E-state index >= 15 is 0 Å². The average Bonchev–Trinajstić information content (AvgIpc) is 3.40. The van der Waals surface area contributed by atoms with Gasteiger partial charge in [0.05, 0.1) is 32.3 Å². The summed E-state index contributed by atoms with van der Waals surface area (Å²) in [4.78, 5) is 11.7. The predicted octanol–water partition coefficient (Wildman–Crippen LogP) is 4.32. The van der Waals surface area contributed by atoms with Gasteiger partial charge in [0.1, 0.15) is 0 Å². The maximum absolute atomic E-state index is 14.8. The highest BCUT2D eigenvalue weighted by atomic mass is 32.1. The molecular formula is C22H22FNO5S. The summed E-state index contributed by atoms with van der Waals surface area (Å²) in [6.45, 7) is 1.75. The largest absolute Gasteiger partial charge is 0.493 e. The Kier molecular flexibility index (Phi) is 6.06. The van der Waals surface area contributed by atoms with E-state index in [1.165, 1.54) is 18.4 Å². The van der Waals surface area contributed by atoms with Gasteiger partial charge in [-0.3, -0.25) is 4.79 Å². The number of benzene rings is 2. The first-order valence-corrected chi connectivity index (χ1v) is 10.4. The summed E-state index contributed by atoms with van der Waals surface area (Å²) in [6.07, 6.45) is 1.37. The number of halogens is 1. The van der Waals surface area contributed by atoms with Gasteiger partial charge in [0.15, 0.2) is 35.1 Å². The van der Waals surface area contributed by atoms with Gasteiger partial charge in [-0.25, -0.2) is 4.39 Å². The molecule has 1 aliphatic rings. The molecular weight excluding hydrogens is 409 g/mol. The Morgan fingerprint density at radius 1 is 1.03 bits per heavy atom. The number of rotatable bonds is 9. The van der Waals surface area contributed by atoms with Crippen molar-refractivity contribution in [2.75, 3.05) is 27.4 Å². The first-order chi connectivity index (χ1) is 14.6. The molecule has 1 aromatic heterocycles. The zero-order valence-electron chi connectivity index (χ0n) is 16.7. The van der Waals surface area contributed by atoms with Gasteiger partial charge >= 0.3 is 0 Å². The maximum atomic E-state index is 14.8. The number of ether oxygens (including phenoxy) is 4. The smallest absolute Gasteiger partial charge is 0.197 e. The first kappa shape index (κ1) is 20.4. The molecule has 8 heteroatoms. The van der Waals surface area contributed by atoms with E-state index in [1.54, 1.807) is 7.11 Å². The van der Waals surface area contributed by atoms with Crippen molar-refractivity contribution >= 4 is 27.7 Å². The normalized spacial score (nSPS) is 12.6. The van der Waals surface area contributed by atoms with Gasteiger partial charge in [-0.1, -0.05) is 0 Å². The van der Waals surface area contributed by atoms with Crippen LogP contribution in [0.2, 0.25) is 0 Å². The maximum Gasteiger partial charge on any atom is 0.197 e. The minimum Gasteiger partial charge on any atom is -0.493 e. The molecule has 0 aliphatic carbocycles. The highest BCUT2D eigenvalue weighted by molar-refractivity contribution is 7.20. The van der Waals surface area contributed by atoms with E-state index in [2.05, 4.69) is 5.32 Å². The molecule has 2 heterocycles. The first-order valence-electron chi connectivity index (χ1n) is 9.56. The molecule has 1 aliphatic heterocycles. The lowest BCUT2D eigenvalue weighted by molar-refractivity contribution is 0.112. The van der Waals surface area contributed by atoms with E-state index in [0.29, 0.717) is 53.8 Å². The third-order valence-electron chi connectivity index (χ3n) is 4.95. The second kappa shape index (κ2) is 8.89. The number of thiophene rings is 1. The average molecular weight is 431 g/mol. The summed E-state index contributed by atoms with van der Waals surface area (Å²) in [6, 6.07) is 7.35. The van der Waals surface area contributed by atoms with Crippen LogP contribution in [0.5, 0.6) is 23.0 Å². The van der Waals surface area contributed by atoms with E-state index in [1.807, 2.05) is 24.3 Å². The fraction of sp³-hybridized carbons (Fsp3) is 0.318. The van der Waals surface area contributed by atoms with E-state index in [4.69, 9.17) is 18.9 Å². The van der Waals surface area contributed by atoms with Crippen molar-refractivity contribution in [2.45, 2.75) is 19.5 Å². The van der Waals surface area contributed by atoms with Gasteiger partial charge in [-0.05, 0) is 29.1 Å².